The predicted octanol–water partition coefficient (Wildman–Crippen LogP) is 0.974. The van der Waals surface area contributed by atoms with Crippen molar-refractivity contribution in [3.8, 4) is 0 Å². The summed E-state index contributed by atoms with van der Waals surface area (Å²) in [6, 6.07) is 0. The number of amides is 1. The van der Waals surface area contributed by atoms with E-state index in [4.69, 9.17) is 5.73 Å². The SMILES string of the molecule is CCCc1c(N)ncnc1N(CC)CC(=O)NCC. The zero-order valence-electron chi connectivity index (χ0n) is 11.9. The fourth-order valence-electron chi connectivity index (χ4n) is 1.94. The minimum atomic E-state index is -0.0102. The fourth-order valence-corrected chi connectivity index (χ4v) is 1.94. The van der Waals surface area contributed by atoms with E-state index in [1.54, 1.807) is 0 Å². The Bertz CT molecular complexity index is 421. The van der Waals surface area contributed by atoms with E-state index in [0.717, 1.165) is 24.2 Å². The Kier molecular flexibility index (Phi) is 6.05. The zero-order valence-corrected chi connectivity index (χ0v) is 11.9. The van der Waals surface area contributed by atoms with Crippen molar-refractivity contribution < 1.29 is 4.79 Å². The molecule has 106 valence electrons. The molecule has 0 aromatic carbocycles. The molecule has 0 spiro atoms. The summed E-state index contributed by atoms with van der Waals surface area (Å²) in [5.74, 6) is 1.26. The van der Waals surface area contributed by atoms with Crippen molar-refractivity contribution in [1.82, 2.24) is 15.3 Å². The highest BCUT2D eigenvalue weighted by Crippen LogP contribution is 2.22. The van der Waals surface area contributed by atoms with E-state index < -0.39 is 0 Å². The van der Waals surface area contributed by atoms with Crippen LogP contribution in [0.4, 0.5) is 11.6 Å². The standard InChI is InChI=1S/C13H23N5O/c1-4-7-10-12(14)16-9-17-13(10)18(6-3)8-11(19)15-5-2/h9H,4-8H2,1-3H3,(H,15,19)(H2,14,16,17). The van der Waals surface area contributed by atoms with Crippen LogP contribution in [0, 0.1) is 0 Å². The van der Waals surface area contributed by atoms with Crippen molar-refractivity contribution in [2.75, 3.05) is 30.3 Å². The molecule has 3 N–H and O–H groups in total. The number of nitrogens with two attached hydrogens (primary N) is 1. The average Bonchev–Trinajstić information content (AvgIpc) is 2.39. The highest BCUT2D eigenvalue weighted by atomic mass is 16.2. The van der Waals surface area contributed by atoms with Crippen molar-refractivity contribution in [3.05, 3.63) is 11.9 Å². The predicted molar refractivity (Wildman–Crippen MR) is 77.0 cm³/mol. The molecule has 6 nitrogen and oxygen atoms in total. The minimum absolute atomic E-state index is 0.0102. The quantitative estimate of drug-likeness (QED) is 0.767. The van der Waals surface area contributed by atoms with E-state index in [1.165, 1.54) is 6.33 Å². The molecule has 0 unspecified atom stereocenters. The van der Waals surface area contributed by atoms with Gasteiger partial charge in [0, 0.05) is 18.7 Å². The van der Waals surface area contributed by atoms with E-state index in [0.29, 0.717) is 18.9 Å². The second-order valence-corrected chi connectivity index (χ2v) is 4.28. The van der Waals surface area contributed by atoms with Crippen molar-refractivity contribution in [1.29, 1.82) is 0 Å². The molecule has 1 rings (SSSR count). The summed E-state index contributed by atoms with van der Waals surface area (Å²) in [6.07, 6.45) is 3.22. The lowest BCUT2D eigenvalue weighted by Crippen LogP contribution is -2.38. The molecule has 0 bridgehead atoms. The van der Waals surface area contributed by atoms with Gasteiger partial charge in [-0.1, -0.05) is 13.3 Å². The Morgan fingerprint density at radius 1 is 1.37 bits per heavy atom. The third-order valence-corrected chi connectivity index (χ3v) is 2.85. The third kappa shape index (κ3) is 4.08. The second kappa shape index (κ2) is 7.56. The molecular formula is C13H23N5O. The Balaban J connectivity index is 2.97. The molecule has 1 aromatic rings. The van der Waals surface area contributed by atoms with Gasteiger partial charge < -0.3 is 16.0 Å². The highest BCUT2D eigenvalue weighted by Gasteiger charge is 2.16. The molecule has 1 heterocycles. The molecule has 19 heavy (non-hydrogen) atoms. The van der Waals surface area contributed by atoms with E-state index in [2.05, 4.69) is 22.2 Å². The van der Waals surface area contributed by atoms with E-state index >= 15 is 0 Å². The molecule has 1 aromatic heterocycles. The number of nitrogens with zero attached hydrogens (tertiary/aromatic N) is 3. The maximum Gasteiger partial charge on any atom is 0.239 e. The van der Waals surface area contributed by atoms with Gasteiger partial charge in [0.2, 0.25) is 5.91 Å². The molecule has 0 radical (unpaired) electrons. The van der Waals surface area contributed by atoms with E-state index in [1.807, 2.05) is 18.7 Å². The summed E-state index contributed by atoms with van der Waals surface area (Å²) in [4.78, 5) is 22.0. The summed E-state index contributed by atoms with van der Waals surface area (Å²) in [5, 5.41) is 2.79. The number of nitrogens with one attached hydrogen (secondary N) is 1. The highest BCUT2D eigenvalue weighted by molar-refractivity contribution is 5.81. The molecule has 0 fully saturated rings. The zero-order chi connectivity index (χ0) is 14.3. The number of aromatic nitrogens is 2. The summed E-state index contributed by atoms with van der Waals surface area (Å²) in [6.45, 7) is 7.59. The molecule has 0 atom stereocenters. The first-order chi connectivity index (χ1) is 9.13. The third-order valence-electron chi connectivity index (χ3n) is 2.85. The second-order valence-electron chi connectivity index (χ2n) is 4.28. The van der Waals surface area contributed by atoms with Crippen LogP contribution in [0.3, 0.4) is 0 Å². The normalized spacial score (nSPS) is 10.3. The number of carbonyl (C=O) groups is 1. The largest absolute Gasteiger partial charge is 0.383 e. The lowest BCUT2D eigenvalue weighted by Gasteiger charge is -2.24. The number of hydrogen-bond acceptors (Lipinski definition) is 5. The number of anilines is 2. The van der Waals surface area contributed by atoms with Crippen LogP contribution in [0.5, 0.6) is 0 Å². The molecule has 6 heteroatoms. The number of hydrogen-bond donors (Lipinski definition) is 2. The van der Waals surface area contributed by atoms with Gasteiger partial charge in [-0.05, 0) is 20.3 Å². The first-order valence-electron chi connectivity index (χ1n) is 6.74. The molecule has 0 aliphatic carbocycles. The summed E-state index contributed by atoms with van der Waals surface area (Å²) in [5.41, 5.74) is 6.84. The molecule has 0 aliphatic heterocycles. The number of carbonyl (C=O) groups excluding carboxylic acids is 1. The van der Waals surface area contributed by atoms with Gasteiger partial charge in [0.25, 0.3) is 0 Å². The van der Waals surface area contributed by atoms with Crippen LogP contribution in [0.1, 0.15) is 32.8 Å². The molecule has 1 amide bonds. The number of nitrogen functional groups attached to an aromatic ring is 1. The fraction of sp³-hybridized carbons (Fsp3) is 0.615. The van der Waals surface area contributed by atoms with Crippen LogP contribution in [0.15, 0.2) is 6.33 Å². The Hall–Kier alpha value is -1.85. The summed E-state index contributed by atoms with van der Waals surface area (Å²) >= 11 is 0. The van der Waals surface area contributed by atoms with Crippen LogP contribution < -0.4 is 16.0 Å². The van der Waals surface area contributed by atoms with Gasteiger partial charge in [0.1, 0.15) is 18.0 Å². The summed E-state index contributed by atoms with van der Waals surface area (Å²) < 4.78 is 0. The maximum absolute atomic E-state index is 11.7. The van der Waals surface area contributed by atoms with Crippen LogP contribution in [0.25, 0.3) is 0 Å². The van der Waals surface area contributed by atoms with Crippen molar-refractivity contribution in [2.24, 2.45) is 0 Å². The Morgan fingerprint density at radius 3 is 2.68 bits per heavy atom. The van der Waals surface area contributed by atoms with Gasteiger partial charge in [0.15, 0.2) is 0 Å². The first-order valence-corrected chi connectivity index (χ1v) is 6.74. The van der Waals surface area contributed by atoms with Crippen molar-refractivity contribution >= 4 is 17.5 Å². The molecule has 0 saturated heterocycles. The van der Waals surface area contributed by atoms with E-state index in [9.17, 15) is 4.79 Å². The lowest BCUT2D eigenvalue weighted by molar-refractivity contribution is -0.119. The van der Waals surface area contributed by atoms with Crippen LogP contribution in [0.2, 0.25) is 0 Å². The minimum Gasteiger partial charge on any atom is -0.383 e. The van der Waals surface area contributed by atoms with Gasteiger partial charge in [-0.2, -0.15) is 0 Å². The number of likely N-dealkylation sites (N-methyl/N-ethyl adjacent to an activating group) is 2. The molecule has 0 aliphatic rings. The average molecular weight is 265 g/mol. The van der Waals surface area contributed by atoms with Gasteiger partial charge in [-0.25, -0.2) is 9.97 Å². The van der Waals surface area contributed by atoms with Crippen LogP contribution in [-0.2, 0) is 11.2 Å². The summed E-state index contributed by atoms with van der Waals surface area (Å²) in [7, 11) is 0. The molecular weight excluding hydrogens is 242 g/mol. The smallest absolute Gasteiger partial charge is 0.239 e. The van der Waals surface area contributed by atoms with Gasteiger partial charge >= 0.3 is 0 Å². The first kappa shape index (κ1) is 15.2. The Morgan fingerprint density at radius 2 is 2.11 bits per heavy atom. The van der Waals surface area contributed by atoms with Gasteiger partial charge in [-0.3, -0.25) is 4.79 Å². The number of rotatable bonds is 7. The van der Waals surface area contributed by atoms with Crippen molar-refractivity contribution in [2.45, 2.75) is 33.6 Å². The van der Waals surface area contributed by atoms with E-state index in [-0.39, 0.29) is 12.5 Å². The van der Waals surface area contributed by atoms with Crippen LogP contribution >= 0.6 is 0 Å². The lowest BCUT2D eigenvalue weighted by atomic mass is 10.1. The monoisotopic (exact) mass is 265 g/mol. The van der Waals surface area contributed by atoms with Gasteiger partial charge in [0.05, 0.1) is 6.54 Å². The molecule has 0 saturated carbocycles. The van der Waals surface area contributed by atoms with Gasteiger partial charge in [-0.15, -0.1) is 0 Å². The van der Waals surface area contributed by atoms with Crippen LogP contribution in [-0.4, -0.2) is 35.5 Å². The topological polar surface area (TPSA) is 84.1 Å². The maximum atomic E-state index is 11.7. The van der Waals surface area contributed by atoms with Crippen molar-refractivity contribution in [3.63, 3.8) is 0 Å². The Labute approximate surface area is 114 Å².